The van der Waals surface area contributed by atoms with Crippen LogP contribution in [-0.4, -0.2) is 13.2 Å². The summed E-state index contributed by atoms with van der Waals surface area (Å²) in [6, 6.07) is 9.37. The van der Waals surface area contributed by atoms with Crippen molar-refractivity contribution < 1.29 is 4.74 Å². The van der Waals surface area contributed by atoms with Crippen molar-refractivity contribution in [1.82, 2.24) is 5.32 Å². The molecule has 1 N–H and O–H groups in total. The highest BCUT2D eigenvalue weighted by Gasteiger charge is 2.66. The Morgan fingerprint density at radius 2 is 1.76 bits per heavy atom. The molecule has 0 heterocycles. The molecule has 4 rings (SSSR count). The Morgan fingerprint density at radius 1 is 1.10 bits per heavy atom. The van der Waals surface area contributed by atoms with Crippen molar-refractivity contribution in [2.45, 2.75) is 39.2 Å². The van der Waals surface area contributed by atoms with Crippen LogP contribution in [0.5, 0.6) is 5.75 Å². The van der Waals surface area contributed by atoms with E-state index in [1.807, 2.05) is 6.92 Å². The van der Waals surface area contributed by atoms with Crippen LogP contribution in [0.15, 0.2) is 24.3 Å². The molecule has 0 spiro atoms. The molecule has 5 unspecified atom stereocenters. The number of ether oxygens (including phenoxy) is 1. The van der Waals surface area contributed by atoms with Gasteiger partial charge in [-0.05, 0) is 80.0 Å². The second-order valence-electron chi connectivity index (χ2n) is 7.10. The highest BCUT2D eigenvalue weighted by atomic mass is 16.5. The van der Waals surface area contributed by atoms with Crippen LogP contribution in [0.2, 0.25) is 0 Å². The first-order chi connectivity index (χ1) is 10.3. The minimum atomic E-state index is 0.559. The summed E-state index contributed by atoms with van der Waals surface area (Å²) in [7, 11) is 0. The van der Waals surface area contributed by atoms with E-state index in [1.165, 1.54) is 24.8 Å². The van der Waals surface area contributed by atoms with Crippen LogP contribution in [0.4, 0.5) is 0 Å². The van der Waals surface area contributed by atoms with Gasteiger partial charge in [0.05, 0.1) is 6.61 Å². The standard InChI is InChI=1S/C19H27NO/c1-3-20-19(12-7-9-15(10-8-12)21-4-2)18-16-13-5-6-14(11-13)17(16)18/h7-10,13-14,16-20H,3-6,11H2,1-2H3. The highest BCUT2D eigenvalue weighted by Crippen LogP contribution is 2.72. The van der Waals surface area contributed by atoms with Crippen LogP contribution in [-0.2, 0) is 0 Å². The van der Waals surface area contributed by atoms with E-state index in [4.69, 9.17) is 4.74 Å². The van der Waals surface area contributed by atoms with Crippen LogP contribution in [0, 0.1) is 29.6 Å². The van der Waals surface area contributed by atoms with Gasteiger partial charge >= 0.3 is 0 Å². The average molecular weight is 285 g/mol. The summed E-state index contributed by atoms with van der Waals surface area (Å²) in [5.74, 6) is 6.04. The second kappa shape index (κ2) is 5.31. The molecule has 3 aliphatic rings. The lowest BCUT2D eigenvalue weighted by Gasteiger charge is -2.22. The molecule has 0 aromatic heterocycles. The van der Waals surface area contributed by atoms with Gasteiger partial charge in [0.2, 0.25) is 0 Å². The van der Waals surface area contributed by atoms with Gasteiger partial charge in [0.25, 0.3) is 0 Å². The molecule has 5 atom stereocenters. The minimum Gasteiger partial charge on any atom is -0.494 e. The normalized spacial score (nSPS) is 37.3. The number of nitrogens with one attached hydrogen (secondary N) is 1. The van der Waals surface area contributed by atoms with Crippen LogP contribution in [0.3, 0.4) is 0 Å². The van der Waals surface area contributed by atoms with Gasteiger partial charge in [0.1, 0.15) is 5.75 Å². The van der Waals surface area contributed by atoms with Crippen molar-refractivity contribution in [2.75, 3.05) is 13.2 Å². The topological polar surface area (TPSA) is 21.3 Å². The van der Waals surface area contributed by atoms with Crippen molar-refractivity contribution in [3.63, 3.8) is 0 Å². The van der Waals surface area contributed by atoms with E-state index in [2.05, 4.69) is 36.5 Å². The first-order valence-corrected chi connectivity index (χ1v) is 8.79. The molecule has 3 aliphatic carbocycles. The zero-order valence-electron chi connectivity index (χ0n) is 13.2. The Morgan fingerprint density at radius 3 is 2.33 bits per heavy atom. The third kappa shape index (κ3) is 2.19. The molecular weight excluding hydrogens is 258 g/mol. The Bertz CT molecular complexity index is 481. The van der Waals surface area contributed by atoms with Crippen molar-refractivity contribution >= 4 is 0 Å². The second-order valence-corrected chi connectivity index (χ2v) is 7.10. The summed E-state index contributed by atoms with van der Waals surface area (Å²) < 4.78 is 5.57. The largest absolute Gasteiger partial charge is 0.494 e. The lowest BCUT2D eigenvalue weighted by Crippen LogP contribution is -2.25. The Balaban J connectivity index is 1.52. The fourth-order valence-electron chi connectivity index (χ4n) is 5.47. The summed E-state index contributed by atoms with van der Waals surface area (Å²) in [6.07, 6.45) is 4.54. The molecule has 0 amide bonds. The zero-order valence-corrected chi connectivity index (χ0v) is 13.2. The molecule has 0 aliphatic heterocycles. The van der Waals surface area contributed by atoms with Crippen molar-refractivity contribution in [3.8, 4) is 5.75 Å². The third-order valence-electron chi connectivity index (χ3n) is 6.15. The molecule has 2 heteroatoms. The monoisotopic (exact) mass is 285 g/mol. The fourth-order valence-corrected chi connectivity index (χ4v) is 5.47. The zero-order chi connectivity index (χ0) is 14.4. The van der Waals surface area contributed by atoms with Gasteiger partial charge in [0, 0.05) is 6.04 Å². The molecule has 2 bridgehead atoms. The summed E-state index contributed by atoms with van der Waals surface area (Å²) >= 11 is 0. The van der Waals surface area contributed by atoms with Gasteiger partial charge in [-0.2, -0.15) is 0 Å². The molecule has 0 radical (unpaired) electrons. The lowest BCUT2D eigenvalue weighted by atomic mass is 9.93. The van der Waals surface area contributed by atoms with E-state index < -0.39 is 0 Å². The number of fused-ring (bicyclic) bond motifs is 5. The summed E-state index contributed by atoms with van der Waals surface area (Å²) in [5, 5.41) is 3.77. The quantitative estimate of drug-likeness (QED) is 0.852. The Hall–Kier alpha value is -1.02. The van der Waals surface area contributed by atoms with Gasteiger partial charge in [-0.3, -0.25) is 0 Å². The maximum Gasteiger partial charge on any atom is 0.119 e. The molecule has 2 nitrogen and oxygen atoms in total. The molecule has 114 valence electrons. The SMILES string of the molecule is CCNC(c1ccc(OCC)cc1)C1C2C3CCC(C3)C21. The maximum absolute atomic E-state index is 5.57. The predicted molar refractivity (Wildman–Crippen MR) is 85.3 cm³/mol. The minimum absolute atomic E-state index is 0.559. The van der Waals surface area contributed by atoms with Gasteiger partial charge in [-0.1, -0.05) is 19.1 Å². The van der Waals surface area contributed by atoms with Crippen LogP contribution < -0.4 is 10.1 Å². The predicted octanol–water partition coefficient (Wildman–Crippen LogP) is 4.03. The van der Waals surface area contributed by atoms with Gasteiger partial charge in [-0.15, -0.1) is 0 Å². The summed E-state index contributed by atoms with van der Waals surface area (Å²) in [6.45, 7) is 6.07. The molecule has 1 aromatic carbocycles. The van der Waals surface area contributed by atoms with E-state index in [1.54, 1.807) is 0 Å². The molecule has 3 fully saturated rings. The van der Waals surface area contributed by atoms with Crippen LogP contribution in [0.25, 0.3) is 0 Å². The van der Waals surface area contributed by atoms with E-state index in [0.717, 1.165) is 48.5 Å². The molecule has 21 heavy (non-hydrogen) atoms. The lowest BCUT2D eigenvalue weighted by molar-refractivity contribution is 0.339. The average Bonchev–Trinajstić information content (AvgIpc) is 2.91. The van der Waals surface area contributed by atoms with E-state index >= 15 is 0 Å². The first-order valence-electron chi connectivity index (χ1n) is 8.79. The Labute approximate surface area is 128 Å². The van der Waals surface area contributed by atoms with Crippen molar-refractivity contribution in [1.29, 1.82) is 0 Å². The van der Waals surface area contributed by atoms with Crippen LogP contribution in [0.1, 0.15) is 44.7 Å². The van der Waals surface area contributed by atoms with E-state index in [0.29, 0.717) is 6.04 Å². The van der Waals surface area contributed by atoms with E-state index in [9.17, 15) is 0 Å². The number of hydrogen-bond donors (Lipinski definition) is 1. The molecule has 0 saturated heterocycles. The summed E-state index contributed by atoms with van der Waals surface area (Å²) in [4.78, 5) is 0. The summed E-state index contributed by atoms with van der Waals surface area (Å²) in [5.41, 5.74) is 1.46. The van der Waals surface area contributed by atoms with Gasteiger partial charge < -0.3 is 10.1 Å². The molecular formula is C19H27NO. The molecule has 1 aromatic rings. The van der Waals surface area contributed by atoms with Crippen molar-refractivity contribution in [2.24, 2.45) is 29.6 Å². The maximum atomic E-state index is 5.57. The number of benzene rings is 1. The van der Waals surface area contributed by atoms with Crippen LogP contribution >= 0.6 is 0 Å². The van der Waals surface area contributed by atoms with E-state index in [-0.39, 0.29) is 0 Å². The van der Waals surface area contributed by atoms with Crippen molar-refractivity contribution in [3.05, 3.63) is 29.8 Å². The number of hydrogen-bond acceptors (Lipinski definition) is 2. The molecule has 3 saturated carbocycles. The highest BCUT2D eigenvalue weighted by molar-refractivity contribution is 5.32. The van der Waals surface area contributed by atoms with Gasteiger partial charge in [0.15, 0.2) is 0 Å². The smallest absolute Gasteiger partial charge is 0.119 e. The number of rotatable bonds is 6. The fraction of sp³-hybridized carbons (Fsp3) is 0.684. The first kappa shape index (κ1) is 13.6. The Kier molecular flexibility index (Phi) is 3.45. The third-order valence-corrected chi connectivity index (χ3v) is 6.15. The van der Waals surface area contributed by atoms with Gasteiger partial charge in [-0.25, -0.2) is 0 Å².